The Hall–Kier alpha value is -2.51. The van der Waals surface area contributed by atoms with Crippen molar-refractivity contribution in [3.05, 3.63) is 35.5 Å². The third kappa shape index (κ3) is 5.42. The molecule has 1 aliphatic rings. The number of ketones is 1. The lowest BCUT2D eigenvalue weighted by molar-refractivity contribution is -0.116. The molecule has 196 valence electrons. The summed E-state index contributed by atoms with van der Waals surface area (Å²) in [6, 6.07) is 7.61. The molecule has 3 heterocycles. The van der Waals surface area contributed by atoms with Crippen molar-refractivity contribution in [2.75, 3.05) is 26.2 Å². The first-order chi connectivity index (χ1) is 17.2. The van der Waals surface area contributed by atoms with Crippen LogP contribution in [0.25, 0.3) is 22.2 Å². The van der Waals surface area contributed by atoms with E-state index in [1.54, 1.807) is 6.92 Å². The molecule has 0 spiro atoms. The first-order valence-electron chi connectivity index (χ1n) is 13.6. The van der Waals surface area contributed by atoms with E-state index in [2.05, 4.69) is 65.8 Å². The average Bonchev–Trinajstić information content (AvgIpc) is 3.39. The molecule has 1 aliphatic heterocycles. The Bertz CT molecular complexity index is 1170. The number of fused-ring (bicyclic) bond motifs is 1. The number of Topliss-reactive ketones (excluding diaryl/α,β-unsaturated/α-hetero) is 1. The van der Waals surface area contributed by atoms with Crippen LogP contribution in [0.15, 0.2) is 22.7 Å². The van der Waals surface area contributed by atoms with Crippen molar-refractivity contribution >= 4 is 16.8 Å². The van der Waals surface area contributed by atoms with Gasteiger partial charge in [-0.1, -0.05) is 31.5 Å². The van der Waals surface area contributed by atoms with Gasteiger partial charge in [0.1, 0.15) is 17.4 Å². The van der Waals surface area contributed by atoms with Gasteiger partial charge in [-0.3, -0.25) is 4.79 Å². The van der Waals surface area contributed by atoms with E-state index in [0.717, 1.165) is 72.8 Å². The number of likely N-dealkylation sites (tertiary alicyclic amines) is 1. The molecule has 0 aliphatic carbocycles. The number of imidazole rings is 1. The molecule has 7 nitrogen and oxygen atoms in total. The van der Waals surface area contributed by atoms with Gasteiger partial charge in [0, 0.05) is 43.2 Å². The van der Waals surface area contributed by atoms with E-state index < -0.39 is 0 Å². The molecule has 7 heteroatoms. The first kappa shape index (κ1) is 26.6. The Morgan fingerprint density at radius 3 is 2.50 bits per heavy atom. The lowest BCUT2D eigenvalue weighted by atomic mass is 9.90. The van der Waals surface area contributed by atoms with Crippen LogP contribution < -0.4 is 5.32 Å². The van der Waals surface area contributed by atoms with Gasteiger partial charge in [-0.15, -0.1) is 0 Å². The van der Waals surface area contributed by atoms with E-state index in [0.29, 0.717) is 24.5 Å². The van der Waals surface area contributed by atoms with Crippen molar-refractivity contribution in [2.45, 2.75) is 85.7 Å². The van der Waals surface area contributed by atoms with E-state index in [9.17, 15) is 4.79 Å². The van der Waals surface area contributed by atoms with Crippen molar-refractivity contribution < 1.29 is 9.32 Å². The van der Waals surface area contributed by atoms with Crippen molar-refractivity contribution in [2.24, 2.45) is 5.92 Å². The summed E-state index contributed by atoms with van der Waals surface area (Å²) in [6.07, 6.45) is 3.30. The first-order valence-corrected chi connectivity index (χ1v) is 13.6. The molecule has 1 N–H and O–H groups in total. The second-order valence-electron chi connectivity index (χ2n) is 10.9. The summed E-state index contributed by atoms with van der Waals surface area (Å²) >= 11 is 0. The van der Waals surface area contributed by atoms with Crippen LogP contribution in [0, 0.1) is 19.8 Å². The fourth-order valence-electron chi connectivity index (χ4n) is 5.71. The van der Waals surface area contributed by atoms with E-state index >= 15 is 0 Å². The number of benzene rings is 1. The Morgan fingerprint density at radius 2 is 1.92 bits per heavy atom. The molecule has 2 aromatic heterocycles. The number of aromatic nitrogens is 3. The smallest absolute Gasteiger partial charge is 0.143 e. The second kappa shape index (κ2) is 11.3. The number of nitrogens with one attached hydrogen (secondary N) is 1. The highest BCUT2D eigenvalue weighted by Crippen LogP contribution is 2.37. The molecular formula is C29H43N5O2. The maximum absolute atomic E-state index is 11.6. The van der Waals surface area contributed by atoms with Crippen LogP contribution in [0.5, 0.6) is 0 Å². The predicted octanol–water partition coefficient (Wildman–Crippen LogP) is 5.66. The summed E-state index contributed by atoms with van der Waals surface area (Å²) in [6.45, 7) is 18.1. The minimum Gasteiger partial charge on any atom is -0.361 e. The van der Waals surface area contributed by atoms with Crippen LogP contribution in [-0.2, 0) is 4.79 Å². The highest BCUT2D eigenvalue weighted by atomic mass is 16.5. The van der Waals surface area contributed by atoms with Gasteiger partial charge in [0.2, 0.25) is 0 Å². The Labute approximate surface area is 215 Å². The fourth-order valence-corrected chi connectivity index (χ4v) is 5.71. The molecule has 1 fully saturated rings. The number of hydrogen-bond acceptors (Lipinski definition) is 6. The van der Waals surface area contributed by atoms with Gasteiger partial charge < -0.3 is 19.3 Å². The summed E-state index contributed by atoms with van der Waals surface area (Å²) in [5.41, 5.74) is 5.27. The second-order valence-corrected chi connectivity index (χ2v) is 10.9. The number of carbonyl (C=O) groups excluding carboxylic acids is 1. The zero-order valence-electron chi connectivity index (χ0n) is 23.1. The Kier molecular flexibility index (Phi) is 8.30. The molecular weight excluding hydrogens is 450 g/mol. The highest BCUT2D eigenvalue weighted by molar-refractivity contribution is 5.84. The van der Waals surface area contributed by atoms with Crippen LogP contribution in [0.3, 0.4) is 0 Å². The number of piperidine rings is 1. The summed E-state index contributed by atoms with van der Waals surface area (Å²) in [5.74, 6) is 2.81. The predicted molar refractivity (Wildman–Crippen MR) is 145 cm³/mol. The van der Waals surface area contributed by atoms with Gasteiger partial charge in [-0.2, -0.15) is 0 Å². The lowest BCUT2D eigenvalue weighted by Gasteiger charge is -2.37. The number of carbonyl (C=O) groups is 1. The summed E-state index contributed by atoms with van der Waals surface area (Å²) in [7, 11) is 0. The normalized spacial score (nSPS) is 17.2. The minimum absolute atomic E-state index is 0.163. The summed E-state index contributed by atoms with van der Waals surface area (Å²) in [5, 5.41) is 7.57. The van der Waals surface area contributed by atoms with Gasteiger partial charge in [-0.25, -0.2) is 4.98 Å². The molecule has 2 atom stereocenters. The highest BCUT2D eigenvalue weighted by Gasteiger charge is 2.30. The van der Waals surface area contributed by atoms with E-state index in [-0.39, 0.29) is 11.7 Å². The average molecular weight is 494 g/mol. The molecule has 1 saturated heterocycles. The summed E-state index contributed by atoms with van der Waals surface area (Å²) in [4.78, 5) is 19.5. The zero-order valence-corrected chi connectivity index (χ0v) is 23.1. The SMILES string of the molecule is CC[C@@H](C)C(CNCC(C)=O)c1nc2cc(-c3c(C)noc3C)ccc2n1C1CCN(C(C)C)CC1. The minimum atomic E-state index is 0.163. The third-order valence-corrected chi connectivity index (χ3v) is 8.03. The molecule has 1 aromatic carbocycles. The Balaban J connectivity index is 1.79. The van der Waals surface area contributed by atoms with Gasteiger partial charge in [0.15, 0.2) is 0 Å². The van der Waals surface area contributed by atoms with Gasteiger partial charge >= 0.3 is 0 Å². The maximum atomic E-state index is 11.6. The van der Waals surface area contributed by atoms with Crippen LogP contribution in [0.4, 0.5) is 0 Å². The van der Waals surface area contributed by atoms with Crippen LogP contribution in [0.2, 0.25) is 0 Å². The van der Waals surface area contributed by atoms with Gasteiger partial charge in [-0.05, 0) is 71.1 Å². The molecule has 0 amide bonds. The van der Waals surface area contributed by atoms with E-state index in [1.165, 1.54) is 5.52 Å². The van der Waals surface area contributed by atoms with Crippen molar-refractivity contribution in [3.8, 4) is 11.1 Å². The molecule has 3 aromatic rings. The lowest BCUT2D eigenvalue weighted by Crippen LogP contribution is -2.39. The Morgan fingerprint density at radius 1 is 1.19 bits per heavy atom. The van der Waals surface area contributed by atoms with E-state index in [4.69, 9.17) is 9.51 Å². The zero-order chi connectivity index (χ0) is 26.0. The topological polar surface area (TPSA) is 76.2 Å². The van der Waals surface area contributed by atoms with Gasteiger partial charge in [0.05, 0.1) is 23.3 Å². The molecule has 0 saturated carbocycles. The molecule has 0 bridgehead atoms. The van der Waals surface area contributed by atoms with Crippen LogP contribution >= 0.6 is 0 Å². The van der Waals surface area contributed by atoms with Crippen molar-refractivity contribution in [1.29, 1.82) is 0 Å². The third-order valence-electron chi connectivity index (χ3n) is 8.03. The molecule has 4 rings (SSSR count). The van der Waals surface area contributed by atoms with Crippen LogP contribution in [-0.4, -0.2) is 57.6 Å². The van der Waals surface area contributed by atoms with E-state index in [1.807, 2.05) is 13.8 Å². The fraction of sp³-hybridized carbons (Fsp3) is 0.621. The standard InChI is InChI=1S/C29H43N5O2/c1-8-19(4)25(17-30-16-20(5)35)29-31-26-15-23(28-21(6)32-36-22(28)7)9-10-27(26)34(29)24-11-13-33(14-12-24)18(2)3/h9-10,15,18-19,24-25,30H,8,11-14,16-17H2,1-7H3/t19-,25?/m1/s1. The van der Waals surface area contributed by atoms with Crippen molar-refractivity contribution in [3.63, 3.8) is 0 Å². The summed E-state index contributed by atoms with van der Waals surface area (Å²) < 4.78 is 7.99. The van der Waals surface area contributed by atoms with Gasteiger partial charge in [0.25, 0.3) is 0 Å². The maximum Gasteiger partial charge on any atom is 0.143 e. The number of hydrogen-bond donors (Lipinski definition) is 1. The van der Waals surface area contributed by atoms with Crippen molar-refractivity contribution in [1.82, 2.24) is 24.9 Å². The molecule has 1 unspecified atom stereocenters. The largest absolute Gasteiger partial charge is 0.361 e. The molecule has 36 heavy (non-hydrogen) atoms. The number of rotatable bonds is 10. The quantitative estimate of drug-likeness (QED) is 0.393. The molecule has 0 radical (unpaired) electrons. The number of nitrogens with zero attached hydrogens (tertiary/aromatic N) is 4. The number of aryl methyl sites for hydroxylation is 2. The monoisotopic (exact) mass is 493 g/mol. The van der Waals surface area contributed by atoms with Crippen LogP contribution in [0.1, 0.15) is 83.1 Å².